The molecule has 0 saturated heterocycles. The van der Waals surface area contributed by atoms with Crippen LogP contribution < -0.4 is 0 Å². The molecule has 1 amide bonds. The third kappa shape index (κ3) is 4.88. The average Bonchev–Trinajstić information content (AvgIpc) is 2.55. The van der Waals surface area contributed by atoms with Crippen LogP contribution >= 0.6 is 0 Å². The number of ether oxygens (including phenoxy) is 1. The normalized spacial score (nSPS) is 10.3. The van der Waals surface area contributed by atoms with Gasteiger partial charge in [-0.1, -0.05) is 60.2 Å². The Morgan fingerprint density at radius 2 is 1.73 bits per heavy atom. The molecule has 0 aliphatic heterocycles. The summed E-state index contributed by atoms with van der Waals surface area (Å²) in [7, 11) is 0. The molecule has 2 aromatic rings. The lowest BCUT2D eigenvalue weighted by molar-refractivity contribution is 0.0911. The van der Waals surface area contributed by atoms with Crippen molar-refractivity contribution in [1.29, 1.82) is 0 Å². The van der Waals surface area contributed by atoms with Gasteiger partial charge in [-0.3, -0.25) is 0 Å². The first-order chi connectivity index (χ1) is 10.7. The Labute approximate surface area is 130 Å². The van der Waals surface area contributed by atoms with Gasteiger partial charge in [0, 0.05) is 6.54 Å². The molecule has 0 heterocycles. The van der Waals surface area contributed by atoms with E-state index in [0.29, 0.717) is 6.54 Å². The molecule has 0 bridgehead atoms. The fourth-order valence-corrected chi connectivity index (χ4v) is 2.06. The highest BCUT2D eigenvalue weighted by atomic mass is 19.1. The van der Waals surface area contributed by atoms with Gasteiger partial charge in [-0.05, 0) is 18.1 Å². The smallest absolute Gasteiger partial charge is 0.410 e. The predicted octanol–water partition coefficient (Wildman–Crippen LogP) is 4.10. The summed E-state index contributed by atoms with van der Waals surface area (Å²) in [5.41, 5.74) is 3.01. The molecule has 0 aliphatic rings. The number of hydrogen-bond donors (Lipinski definition) is 0. The summed E-state index contributed by atoms with van der Waals surface area (Å²) < 4.78 is 17.9. The quantitative estimate of drug-likeness (QED) is 0.804. The molecule has 0 unspecified atom stereocenters. The van der Waals surface area contributed by atoms with Gasteiger partial charge in [0.2, 0.25) is 0 Å². The number of halogens is 1. The molecule has 3 nitrogen and oxygen atoms in total. The van der Waals surface area contributed by atoms with E-state index in [4.69, 9.17) is 4.74 Å². The number of rotatable bonds is 6. The largest absolute Gasteiger partial charge is 0.445 e. The van der Waals surface area contributed by atoms with Crippen molar-refractivity contribution in [3.05, 3.63) is 71.3 Å². The Hall–Kier alpha value is -2.36. The molecule has 4 heteroatoms. The minimum absolute atomic E-state index is 0.0293. The fourth-order valence-electron chi connectivity index (χ4n) is 2.06. The Morgan fingerprint density at radius 1 is 1.05 bits per heavy atom. The molecule has 0 N–H and O–H groups in total. The highest BCUT2D eigenvalue weighted by Gasteiger charge is 2.15. The second-order valence-electron chi connectivity index (χ2n) is 5.14. The van der Waals surface area contributed by atoms with Gasteiger partial charge in [0.15, 0.2) is 0 Å². The van der Waals surface area contributed by atoms with Gasteiger partial charge in [-0.25, -0.2) is 9.18 Å². The second-order valence-corrected chi connectivity index (χ2v) is 5.14. The lowest BCUT2D eigenvalue weighted by Crippen LogP contribution is -2.32. The van der Waals surface area contributed by atoms with Crippen molar-refractivity contribution in [3.63, 3.8) is 0 Å². The molecule has 0 aliphatic carbocycles. The van der Waals surface area contributed by atoms with Crippen LogP contribution in [0.2, 0.25) is 0 Å². The summed E-state index contributed by atoms with van der Waals surface area (Å²) in [6, 6.07) is 17.2. The van der Waals surface area contributed by atoms with Gasteiger partial charge in [0.25, 0.3) is 0 Å². The van der Waals surface area contributed by atoms with Crippen molar-refractivity contribution in [2.75, 3.05) is 13.2 Å². The van der Waals surface area contributed by atoms with Gasteiger partial charge >= 0.3 is 6.09 Å². The third-order valence-corrected chi connectivity index (χ3v) is 3.31. The fraction of sp³-hybridized carbons (Fsp3) is 0.278. The molecule has 22 heavy (non-hydrogen) atoms. The van der Waals surface area contributed by atoms with Gasteiger partial charge in [0.05, 0.1) is 6.54 Å². The van der Waals surface area contributed by atoms with Crippen molar-refractivity contribution in [2.45, 2.75) is 20.1 Å². The number of hydrogen-bond acceptors (Lipinski definition) is 2. The molecule has 0 atom stereocenters. The Morgan fingerprint density at radius 3 is 2.36 bits per heavy atom. The molecule has 0 radical (unpaired) electrons. The van der Waals surface area contributed by atoms with Crippen molar-refractivity contribution in [3.8, 4) is 0 Å². The monoisotopic (exact) mass is 301 g/mol. The molecule has 0 fully saturated rings. The zero-order chi connectivity index (χ0) is 15.8. The van der Waals surface area contributed by atoms with Crippen LogP contribution in [0.3, 0.4) is 0 Å². The van der Waals surface area contributed by atoms with E-state index < -0.39 is 12.8 Å². The first-order valence-corrected chi connectivity index (χ1v) is 7.26. The minimum atomic E-state index is -0.591. The predicted molar refractivity (Wildman–Crippen MR) is 84.2 cm³/mol. The molecule has 0 saturated carbocycles. The zero-order valence-corrected chi connectivity index (χ0v) is 12.7. The number of alkyl halides is 1. The summed E-state index contributed by atoms with van der Waals surface area (Å²) in [6.07, 6.45) is -0.498. The molecular weight excluding hydrogens is 281 g/mol. The van der Waals surface area contributed by atoms with Crippen LogP contribution in [-0.4, -0.2) is 24.2 Å². The van der Waals surface area contributed by atoms with Gasteiger partial charge in [-0.2, -0.15) is 0 Å². The second kappa shape index (κ2) is 8.17. The van der Waals surface area contributed by atoms with Crippen LogP contribution in [-0.2, 0) is 17.9 Å². The van der Waals surface area contributed by atoms with Crippen molar-refractivity contribution >= 4 is 6.09 Å². The van der Waals surface area contributed by atoms with E-state index in [0.717, 1.165) is 16.7 Å². The Kier molecular flexibility index (Phi) is 5.95. The van der Waals surface area contributed by atoms with E-state index >= 15 is 0 Å². The highest BCUT2D eigenvalue weighted by Crippen LogP contribution is 2.10. The minimum Gasteiger partial charge on any atom is -0.445 e. The summed E-state index contributed by atoms with van der Waals surface area (Å²) >= 11 is 0. The topological polar surface area (TPSA) is 29.5 Å². The van der Waals surface area contributed by atoms with E-state index in [1.165, 1.54) is 4.90 Å². The summed E-state index contributed by atoms with van der Waals surface area (Å²) in [4.78, 5) is 13.5. The van der Waals surface area contributed by atoms with Crippen LogP contribution in [0.15, 0.2) is 54.6 Å². The lowest BCUT2D eigenvalue weighted by Gasteiger charge is -2.21. The van der Waals surface area contributed by atoms with Crippen LogP contribution in [0.4, 0.5) is 9.18 Å². The summed E-state index contributed by atoms with van der Waals surface area (Å²) in [5, 5.41) is 0. The van der Waals surface area contributed by atoms with E-state index in [1.54, 1.807) is 0 Å². The Balaban J connectivity index is 1.94. The first-order valence-electron chi connectivity index (χ1n) is 7.26. The van der Waals surface area contributed by atoms with Crippen LogP contribution in [0.25, 0.3) is 0 Å². The average molecular weight is 301 g/mol. The van der Waals surface area contributed by atoms with Crippen molar-refractivity contribution in [2.24, 2.45) is 0 Å². The number of carbonyl (C=O) groups is 1. The molecule has 2 aromatic carbocycles. The SMILES string of the molecule is Cc1ccc(CN(CCF)C(=O)OCc2ccccc2)cc1. The highest BCUT2D eigenvalue weighted by molar-refractivity contribution is 5.67. The molecule has 116 valence electrons. The maximum absolute atomic E-state index is 12.7. The maximum atomic E-state index is 12.7. The van der Waals surface area contributed by atoms with E-state index in [2.05, 4.69) is 0 Å². The van der Waals surface area contributed by atoms with Crippen LogP contribution in [0.1, 0.15) is 16.7 Å². The molecule has 2 rings (SSSR count). The van der Waals surface area contributed by atoms with Gasteiger partial charge in [-0.15, -0.1) is 0 Å². The van der Waals surface area contributed by atoms with Crippen molar-refractivity contribution in [1.82, 2.24) is 4.90 Å². The van der Waals surface area contributed by atoms with Crippen molar-refractivity contribution < 1.29 is 13.9 Å². The van der Waals surface area contributed by atoms with Crippen LogP contribution in [0.5, 0.6) is 0 Å². The number of nitrogens with zero attached hydrogens (tertiary/aromatic N) is 1. The Bertz CT molecular complexity index is 584. The third-order valence-electron chi connectivity index (χ3n) is 3.31. The summed E-state index contributed by atoms with van der Waals surface area (Å²) in [5.74, 6) is 0. The molecule has 0 spiro atoms. The number of aryl methyl sites for hydroxylation is 1. The number of carbonyl (C=O) groups excluding carboxylic acids is 1. The summed E-state index contributed by atoms with van der Waals surface area (Å²) in [6.45, 7) is 1.97. The van der Waals surface area contributed by atoms with Gasteiger partial charge in [0.1, 0.15) is 13.3 Å². The maximum Gasteiger partial charge on any atom is 0.410 e. The van der Waals surface area contributed by atoms with E-state index in [1.807, 2.05) is 61.5 Å². The van der Waals surface area contributed by atoms with E-state index in [-0.39, 0.29) is 13.2 Å². The number of amides is 1. The van der Waals surface area contributed by atoms with Crippen LogP contribution in [0, 0.1) is 6.92 Å². The zero-order valence-electron chi connectivity index (χ0n) is 12.7. The lowest BCUT2D eigenvalue weighted by atomic mass is 10.1. The molecule has 0 aromatic heterocycles. The first kappa shape index (κ1) is 16.0. The van der Waals surface area contributed by atoms with E-state index in [9.17, 15) is 9.18 Å². The standard InChI is InChI=1S/C18H20FNO2/c1-15-7-9-16(10-8-15)13-20(12-11-19)18(21)22-14-17-5-3-2-4-6-17/h2-10H,11-14H2,1H3. The molecular formula is C18H20FNO2. The van der Waals surface area contributed by atoms with Gasteiger partial charge < -0.3 is 9.64 Å². The number of benzene rings is 2.